The molecule has 21 heavy (non-hydrogen) atoms. The fourth-order valence-corrected chi connectivity index (χ4v) is 3.23. The molecule has 116 valence electrons. The molecule has 0 fully saturated rings. The summed E-state index contributed by atoms with van der Waals surface area (Å²) in [4.78, 5) is 4.48. The van der Waals surface area contributed by atoms with Crippen LogP contribution in [0, 0.1) is 0 Å². The van der Waals surface area contributed by atoms with E-state index in [2.05, 4.69) is 24.6 Å². The quantitative estimate of drug-likeness (QED) is 0.389. The van der Waals surface area contributed by atoms with E-state index in [0.29, 0.717) is 22.7 Å². The Morgan fingerprint density at radius 1 is 1.19 bits per heavy atom. The van der Waals surface area contributed by atoms with Gasteiger partial charge in [-0.3, -0.25) is 0 Å². The lowest BCUT2D eigenvalue weighted by molar-refractivity contribution is 0.0883. The first kappa shape index (κ1) is 17.1. The monoisotopic (exact) mass is 364 g/mol. The zero-order chi connectivity index (χ0) is 15.6. The topological polar surface area (TPSA) is 27.1 Å². The van der Waals surface area contributed by atoms with Crippen molar-refractivity contribution in [2.45, 2.75) is 38.3 Å². The summed E-state index contributed by atoms with van der Waals surface area (Å²) < 4.78 is 7.75. The van der Waals surface area contributed by atoms with Gasteiger partial charge in [0, 0.05) is 14.7 Å². The molecule has 2 aromatic rings. The van der Waals surface area contributed by atoms with Crippen LogP contribution < -0.4 is 0 Å². The first-order valence-corrected chi connectivity index (χ1v) is 11.8. The molecular weight excluding hydrogens is 347 g/mol. The van der Waals surface area contributed by atoms with Gasteiger partial charge in [-0.15, -0.1) is 11.6 Å². The third kappa shape index (κ3) is 4.36. The molecule has 0 aliphatic heterocycles. The van der Waals surface area contributed by atoms with Gasteiger partial charge in [0.2, 0.25) is 0 Å². The van der Waals surface area contributed by atoms with Crippen LogP contribution in [0.3, 0.4) is 0 Å². The van der Waals surface area contributed by atoms with Crippen LogP contribution in [0.1, 0.15) is 5.82 Å². The number of benzene rings is 1. The van der Waals surface area contributed by atoms with Gasteiger partial charge >= 0.3 is 0 Å². The van der Waals surface area contributed by atoms with E-state index in [9.17, 15) is 0 Å². The third-order valence-electron chi connectivity index (χ3n) is 3.21. The molecule has 0 bridgehead atoms. The minimum atomic E-state index is -1.09. The Balaban J connectivity index is 2.19. The van der Waals surface area contributed by atoms with E-state index in [1.807, 2.05) is 10.6 Å². The predicted octanol–water partition coefficient (Wildman–Crippen LogP) is 5.39. The van der Waals surface area contributed by atoms with Crippen molar-refractivity contribution < 1.29 is 4.74 Å². The molecule has 0 amide bonds. The number of ether oxygens (including phenoxy) is 1. The summed E-state index contributed by atoms with van der Waals surface area (Å²) in [6.45, 7) is 8.16. The number of nitrogens with zero attached hydrogens (tertiary/aromatic N) is 2. The Morgan fingerprint density at radius 2 is 1.86 bits per heavy atom. The van der Waals surface area contributed by atoms with E-state index in [4.69, 9.17) is 39.5 Å². The molecule has 0 atom stereocenters. The second kappa shape index (κ2) is 6.88. The molecule has 0 aliphatic carbocycles. The SMILES string of the molecule is C[Si](C)(C)CCOCn1c(CCl)nc2cc(Cl)c(Cl)cc21. The molecule has 2 rings (SSSR count). The number of hydrogen-bond donors (Lipinski definition) is 0. The molecule has 1 heterocycles. The number of imidazole rings is 1. The van der Waals surface area contributed by atoms with Gasteiger partial charge in [-0.25, -0.2) is 4.98 Å². The molecule has 0 radical (unpaired) electrons. The van der Waals surface area contributed by atoms with Gasteiger partial charge in [0.25, 0.3) is 0 Å². The minimum absolute atomic E-state index is 0.321. The van der Waals surface area contributed by atoms with Crippen molar-refractivity contribution in [2.24, 2.45) is 0 Å². The smallest absolute Gasteiger partial charge is 0.126 e. The highest BCUT2D eigenvalue weighted by molar-refractivity contribution is 6.76. The Labute approximate surface area is 141 Å². The maximum Gasteiger partial charge on any atom is 0.126 e. The highest BCUT2D eigenvalue weighted by atomic mass is 35.5. The van der Waals surface area contributed by atoms with Gasteiger partial charge in [-0.1, -0.05) is 42.8 Å². The van der Waals surface area contributed by atoms with Crippen molar-refractivity contribution in [2.75, 3.05) is 6.61 Å². The Hall–Kier alpha value is -0.263. The highest BCUT2D eigenvalue weighted by Crippen LogP contribution is 2.28. The molecule has 0 spiro atoms. The average Bonchev–Trinajstić information content (AvgIpc) is 2.71. The van der Waals surface area contributed by atoms with Gasteiger partial charge in [0.05, 0.1) is 27.0 Å². The first-order chi connectivity index (χ1) is 9.81. The maximum absolute atomic E-state index is 6.09. The van der Waals surface area contributed by atoms with E-state index in [1.165, 1.54) is 0 Å². The van der Waals surface area contributed by atoms with Crippen LogP contribution >= 0.6 is 34.8 Å². The lowest BCUT2D eigenvalue weighted by Crippen LogP contribution is -2.22. The summed E-state index contributed by atoms with van der Waals surface area (Å²) in [6, 6.07) is 4.69. The highest BCUT2D eigenvalue weighted by Gasteiger charge is 2.14. The predicted molar refractivity (Wildman–Crippen MR) is 93.4 cm³/mol. The zero-order valence-corrected chi connectivity index (χ0v) is 15.7. The van der Waals surface area contributed by atoms with Crippen LogP contribution in [0.4, 0.5) is 0 Å². The number of alkyl halides is 1. The standard InChI is InChI=1S/C14H19Cl3N2OSi/c1-21(2,3)5-4-20-9-19-13-7-11(17)10(16)6-12(13)18-14(19)8-15/h6-7H,4-5,8-9H2,1-3H3. The fourth-order valence-electron chi connectivity index (χ4n) is 1.95. The summed E-state index contributed by atoms with van der Waals surface area (Å²) in [5, 5.41) is 1.00. The summed E-state index contributed by atoms with van der Waals surface area (Å²) in [5.74, 6) is 1.08. The van der Waals surface area contributed by atoms with Crippen LogP contribution in [0.15, 0.2) is 12.1 Å². The van der Waals surface area contributed by atoms with Crippen LogP contribution in [0.2, 0.25) is 35.7 Å². The molecular formula is C14H19Cl3N2OSi. The lowest BCUT2D eigenvalue weighted by Gasteiger charge is -2.16. The Kier molecular flexibility index (Phi) is 5.60. The van der Waals surface area contributed by atoms with Crippen LogP contribution in [-0.4, -0.2) is 24.2 Å². The van der Waals surface area contributed by atoms with Crippen molar-refractivity contribution in [1.82, 2.24) is 9.55 Å². The summed E-state index contributed by atoms with van der Waals surface area (Å²) in [5.41, 5.74) is 1.68. The van der Waals surface area contributed by atoms with E-state index in [-0.39, 0.29) is 0 Å². The minimum Gasteiger partial charge on any atom is -0.361 e. The number of rotatable bonds is 6. The molecule has 1 aromatic heterocycles. The Bertz CT molecular complexity index is 637. The third-order valence-corrected chi connectivity index (χ3v) is 5.87. The van der Waals surface area contributed by atoms with Crippen LogP contribution in [-0.2, 0) is 17.3 Å². The van der Waals surface area contributed by atoms with Crippen molar-refractivity contribution in [3.63, 3.8) is 0 Å². The lowest BCUT2D eigenvalue weighted by atomic mass is 10.3. The van der Waals surface area contributed by atoms with Gasteiger partial charge in [-0.2, -0.15) is 0 Å². The summed E-state index contributed by atoms with van der Waals surface area (Å²) in [7, 11) is -1.09. The van der Waals surface area contributed by atoms with Gasteiger partial charge < -0.3 is 9.30 Å². The van der Waals surface area contributed by atoms with Crippen molar-refractivity contribution in [1.29, 1.82) is 0 Å². The van der Waals surface area contributed by atoms with Gasteiger partial charge in [0.1, 0.15) is 12.6 Å². The van der Waals surface area contributed by atoms with Crippen molar-refractivity contribution in [3.05, 3.63) is 28.0 Å². The second-order valence-corrected chi connectivity index (χ2v) is 12.9. The molecule has 0 N–H and O–H groups in total. The second-order valence-electron chi connectivity index (χ2n) is 6.19. The van der Waals surface area contributed by atoms with E-state index in [1.54, 1.807) is 6.07 Å². The number of halogens is 3. The molecule has 1 aromatic carbocycles. The first-order valence-electron chi connectivity index (χ1n) is 6.80. The van der Waals surface area contributed by atoms with E-state index < -0.39 is 8.07 Å². The van der Waals surface area contributed by atoms with Crippen LogP contribution in [0.25, 0.3) is 11.0 Å². The largest absolute Gasteiger partial charge is 0.361 e. The Morgan fingerprint density at radius 3 is 2.48 bits per heavy atom. The van der Waals surface area contributed by atoms with Gasteiger partial charge in [-0.05, 0) is 18.2 Å². The normalized spacial score (nSPS) is 12.3. The van der Waals surface area contributed by atoms with Gasteiger partial charge in [0.15, 0.2) is 0 Å². The zero-order valence-electron chi connectivity index (χ0n) is 12.4. The fraction of sp³-hybridized carbons (Fsp3) is 0.500. The summed E-state index contributed by atoms with van der Waals surface area (Å²) in [6.07, 6.45) is 0. The van der Waals surface area contributed by atoms with E-state index >= 15 is 0 Å². The molecule has 0 saturated heterocycles. The number of fused-ring (bicyclic) bond motifs is 1. The molecule has 0 saturated carbocycles. The number of hydrogen-bond acceptors (Lipinski definition) is 2. The number of aromatic nitrogens is 2. The maximum atomic E-state index is 6.09. The molecule has 7 heteroatoms. The van der Waals surface area contributed by atoms with E-state index in [0.717, 1.165) is 29.5 Å². The van der Waals surface area contributed by atoms with Crippen molar-refractivity contribution >= 4 is 53.9 Å². The average molecular weight is 366 g/mol. The molecule has 3 nitrogen and oxygen atoms in total. The van der Waals surface area contributed by atoms with Crippen molar-refractivity contribution in [3.8, 4) is 0 Å². The molecule has 0 unspecified atom stereocenters. The van der Waals surface area contributed by atoms with Crippen LogP contribution in [0.5, 0.6) is 0 Å². The molecule has 0 aliphatic rings. The summed E-state index contributed by atoms with van der Waals surface area (Å²) >= 11 is 18.1.